The summed E-state index contributed by atoms with van der Waals surface area (Å²) in [4.78, 5) is 3.68. The van der Waals surface area contributed by atoms with E-state index in [0.29, 0.717) is 8.95 Å². The van der Waals surface area contributed by atoms with Gasteiger partial charge < -0.3 is 4.55 Å². The number of aromatic nitrogens is 1. The quantitative estimate of drug-likeness (QED) is 0.517. The molecule has 14 heavy (non-hydrogen) atoms. The second-order valence-corrected chi connectivity index (χ2v) is 4.92. The van der Waals surface area contributed by atoms with E-state index in [9.17, 15) is 13.0 Å². The number of halogens is 2. The number of nitrogens with one attached hydrogen (secondary N) is 1. The molecule has 1 N–H and O–H groups in total. The van der Waals surface area contributed by atoms with E-state index >= 15 is 0 Å². The van der Waals surface area contributed by atoms with Gasteiger partial charge in [-0.1, -0.05) is 0 Å². The fourth-order valence-electron chi connectivity index (χ4n) is 0.608. The van der Waals surface area contributed by atoms with E-state index in [2.05, 4.69) is 36.8 Å². The Hall–Kier alpha value is 0.820. The van der Waals surface area contributed by atoms with Gasteiger partial charge in [0.1, 0.15) is 0 Å². The maximum Gasteiger partial charge on any atom is 1.00 e. The molecule has 0 saturated heterocycles. The molecule has 0 spiro atoms. The van der Waals surface area contributed by atoms with Crippen LogP contribution in [0.15, 0.2) is 21.2 Å². The monoisotopic (exact) mass is 352 g/mol. The van der Waals surface area contributed by atoms with Gasteiger partial charge in [0.25, 0.3) is 0 Å². The Morgan fingerprint density at radius 2 is 2.00 bits per heavy atom. The van der Waals surface area contributed by atoms with Crippen LogP contribution in [0, 0.1) is 0 Å². The van der Waals surface area contributed by atoms with Gasteiger partial charge in [0.2, 0.25) is 0 Å². The topological polar surface area (TPSA) is 82.1 Å². The van der Waals surface area contributed by atoms with Crippen LogP contribution in [0.25, 0.3) is 0 Å². The molecular weight excluding hydrogens is 351 g/mol. The van der Waals surface area contributed by atoms with Crippen molar-refractivity contribution >= 4 is 48.0 Å². The van der Waals surface area contributed by atoms with Crippen LogP contribution in [0.5, 0.6) is 0 Å². The molecule has 0 aromatic carbocycles. The van der Waals surface area contributed by atoms with Crippen molar-refractivity contribution < 1.29 is 42.5 Å². The minimum Gasteiger partial charge on any atom is -0.731 e. The van der Waals surface area contributed by atoms with Gasteiger partial charge in [-0.25, -0.2) is 13.4 Å². The molecule has 0 aliphatic carbocycles. The molecule has 0 aliphatic rings. The summed E-state index contributed by atoms with van der Waals surface area (Å²) in [7, 11) is -4.52. The Morgan fingerprint density at radius 3 is 2.43 bits per heavy atom. The van der Waals surface area contributed by atoms with Crippen LogP contribution >= 0.6 is 31.9 Å². The zero-order chi connectivity index (χ0) is 10.1. The Kier molecular flexibility index (Phi) is 6.12. The minimum absolute atomic E-state index is 0. The predicted octanol–water partition coefficient (Wildman–Crippen LogP) is -1.52. The molecule has 0 bridgehead atoms. The van der Waals surface area contributed by atoms with Crippen LogP contribution in [0.1, 0.15) is 0 Å². The molecule has 9 heteroatoms. The van der Waals surface area contributed by atoms with Crippen molar-refractivity contribution in [2.45, 2.75) is 0 Å². The molecule has 1 rings (SSSR count). The van der Waals surface area contributed by atoms with E-state index in [-0.39, 0.29) is 35.4 Å². The standard InChI is InChI=1S/C5H4Br2N2O3S.Na/c6-3-1-4(7)5(8-2-3)9-13(10,11)12;/h1-2H,(H,8,9)(H,10,11,12);/q;+1/p-1. The molecule has 5 nitrogen and oxygen atoms in total. The van der Waals surface area contributed by atoms with Crippen LogP contribution < -0.4 is 34.3 Å². The van der Waals surface area contributed by atoms with E-state index in [4.69, 9.17) is 0 Å². The van der Waals surface area contributed by atoms with E-state index in [1.807, 2.05) is 0 Å². The molecule has 0 fully saturated rings. The summed E-state index contributed by atoms with van der Waals surface area (Å²) in [6.45, 7) is 0. The van der Waals surface area contributed by atoms with Gasteiger partial charge in [-0.2, -0.15) is 0 Å². The van der Waals surface area contributed by atoms with Gasteiger partial charge in [0.15, 0.2) is 16.1 Å². The molecule has 0 saturated carbocycles. The zero-order valence-electron chi connectivity index (χ0n) is 6.99. The molecule has 1 aromatic heterocycles. The summed E-state index contributed by atoms with van der Waals surface area (Å²) in [5.41, 5.74) is 0. The van der Waals surface area contributed by atoms with Crippen molar-refractivity contribution in [3.05, 3.63) is 21.2 Å². The molecule has 72 valence electrons. The van der Waals surface area contributed by atoms with Gasteiger partial charge in [-0.15, -0.1) is 0 Å². The third kappa shape index (κ3) is 5.06. The number of pyridine rings is 1. The van der Waals surface area contributed by atoms with Crippen molar-refractivity contribution in [1.82, 2.24) is 4.98 Å². The van der Waals surface area contributed by atoms with Gasteiger partial charge >= 0.3 is 29.6 Å². The zero-order valence-corrected chi connectivity index (χ0v) is 13.0. The van der Waals surface area contributed by atoms with Crippen LogP contribution in [-0.4, -0.2) is 18.0 Å². The molecule has 1 heterocycles. The molecule has 0 atom stereocenters. The van der Waals surface area contributed by atoms with Crippen LogP contribution in [0.3, 0.4) is 0 Å². The van der Waals surface area contributed by atoms with E-state index in [1.54, 1.807) is 10.8 Å². The summed E-state index contributed by atoms with van der Waals surface area (Å²) in [5.74, 6) is -0.0294. The molecule has 0 aliphatic heterocycles. The Bertz CT molecular complexity index is 425. The first-order valence-corrected chi connectivity index (χ1v) is 5.92. The Labute approximate surface area is 120 Å². The van der Waals surface area contributed by atoms with E-state index in [1.165, 1.54) is 6.20 Å². The van der Waals surface area contributed by atoms with Gasteiger partial charge in [0.05, 0.1) is 4.47 Å². The largest absolute Gasteiger partial charge is 1.00 e. The molecular formula is C5H3Br2N2NaO3S. The predicted molar refractivity (Wildman–Crippen MR) is 53.0 cm³/mol. The van der Waals surface area contributed by atoms with Crippen LogP contribution in [0.2, 0.25) is 0 Å². The molecule has 0 unspecified atom stereocenters. The maximum absolute atomic E-state index is 10.3. The average Bonchev–Trinajstić information content (AvgIpc) is 1.93. The number of rotatable bonds is 2. The second-order valence-electron chi connectivity index (χ2n) is 2.04. The van der Waals surface area contributed by atoms with Crippen LogP contribution in [0.4, 0.5) is 5.82 Å². The average molecular weight is 354 g/mol. The molecule has 1 aromatic rings. The fourth-order valence-corrected chi connectivity index (χ4v) is 2.23. The smallest absolute Gasteiger partial charge is 0.731 e. The number of anilines is 1. The summed E-state index contributed by atoms with van der Waals surface area (Å²) in [6, 6.07) is 1.57. The summed E-state index contributed by atoms with van der Waals surface area (Å²) in [5, 5.41) is 0. The Balaban J connectivity index is 0.00000169. The van der Waals surface area contributed by atoms with Crippen molar-refractivity contribution in [1.29, 1.82) is 0 Å². The van der Waals surface area contributed by atoms with Crippen molar-refractivity contribution in [2.24, 2.45) is 0 Å². The second kappa shape index (κ2) is 5.78. The van der Waals surface area contributed by atoms with Crippen molar-refractivity contribution in [3.8, 4) is 0 Å². The van der Waals surface area contributed by atoms with E-state index < -0.39 is 10.3 Å². The molecule has 0 amide bonds. The summed E-state index contributed by atoms with van der Waals surface area (Å²) in [6.07, 6.45) is 1.37. The first-order valence-electron chi connectivity index (χ1n) is 2.93. The number of hydrogen-bond acceptors (Lipinski definition) is 4. The normalized spacial score (nSPS) is 10.5. The van der Waals surface area contributed by atoms with Crippen molar-refractivity contribution in [3.63, 3.8) is 0 Å². The van der Waals surface area contributed by atoms with Gasteiger partial charge in [-0.05, 0) is 37.9 Å². The molecule has 0 radical (unpaired) electrons. The number of hydrogen-bond donors (Lipinski definition) is 1. The Morgan fingerprint density at radius 1 is 1.43 bits per heavy atom. The third-order valence-electron chi connectivity index (χ3n) is 1.03. The first-order chi connectivity index (χ1) is 5.88. The first kappa shape index (κ1) is 14.8. The minimum atomic E-state index is -4.52. The fraction of sp³-hybridized carbons (Fsp3) is 0. The summed E-state index contributed by atoms with van der Waals surface area (Å²) < 4.78 is 33.7. The van der Waals surface area contributed by atoms with Crippen LogP contribution in [-0.2, 0) is 10.3 Å². The third-order valence-corrected chi connectivity index (χ3v) is 2.51. The van der Waals surface area contributed by atoms with Crippen molar-refractivity contribution in [2.75, 3.05) is 4.72 Å². The van der Waals surface area contributed by atoms with Gasteiger partial charge in [0, 0.05) is 10.7 Å². The van der Waals surface area contributed by atoms with Gasteiger partial charge in [-0.3, -0.25) is 4.72 Å². The van der Waals surface area contributed by atoms with E-state index in [0.717, 1.165) is 0 Å². The SMILES string of the molecule is O=S(=O)([O-])Nc1ncc(Br)cc1Br.[Na+]. The maximum atomic E-state index is 10.3. The summed E-state index contributed by atoms with van der Waals surface area (Å²) >= 11 is 6.17. The number of nitrogens with zero attached hydrogens (tertiary/aromatic N) is 1.